The summed E-state index contributed by atoms with van der Waals surface area (Å²) in [6.07, 6.45) is 6.66. The average molecular weight is 310 g/mol. The molecule has 23 heavy (non-hydrogen) atoms. The van der Waals surface area contributed by atoms with Crippen LogP contribution in [0.15, 0.2) is 18.6 Å². The summed E-state index contributed by atoms with van der Waals surface area (Å²) in [5.74, 6) is 2.57. The molecule has 0 bridgehead atoms. The van der Waals surface area contributed by atoms with Gasteiger partial charge in [0.2, 0.25) is 0 Å². The van der Waals surface area contributed by atoms with Crippen molar-refractivity contribution in [1.82, 2.24) is 19.9 Å². The summed E-state index contributed by atoms with van der Waals surface area (Å²) in [6.45, 7) is 3.24. The molecule has 1 aliphatic carbocycles. The second-order valence-corrected chi connectivity index (χ2v) is 6.86. The van der Waals surface area contributed by atoms with Crippen molar-refractivity contribution >= 4 is 16.9 Å². The Hall–Kier alpha value is -2.13. The molecule has 4 rings (SSSR count). The van der Waals surface area contributed by atoms with Crippen molar-refractivity contribution in [3.8, 4) is 6.07 Å². The average Bonchev–Trinajstić information content (AvgIpc) is 3.25. The minimum absolute atomic E-state index is 0.552. The molecule has 2 aromatic rings. The molecule has 6 nitrogen and oxygen atoms in total. The molecule has 3 heterocycles. The lowest BCUT2D eigenvalue weighted by Gasteiger charge is -2.27. The van der Waals surface area contributed by atoms with Gasteiger partial charge in [0.05, 0.1) is 11.5 Å². The Labute approximate surface area is 136 Å². The van der Waals surface area contributed by atoms with Crippen molar-refractivity contribution in [2.24, 2.45) is 11.8 Å². The lowest BCUT2D eigenvalue weighted by Crippen LogP contribution is -2.33. The van der Waals surface area contributed by atoms with Gasteiger partial charge in [0.25, 0.3) is 0 Å². The third-order valence-electron chi connectivity index (χ3n) is 5.56. The summed E-state index contributed by atoms with van der Waals surface area (Å²) >= 11 is 0. The molecule has 2 fully saturated rings. The molecule has 0 amide bonds. The molecule has 0 aromatic carbocycles. The molecular weight excluding hydrogens is 288 g/mol. The van der Waals surface area contributed by atoms with Gasteiger partial charge >= 0.3 is 0 Å². The highest BCUT2D eigenvalue weighted by Gasteiger charge is 2.42. The standard InChI is InChI=1S/C17H22N6/c1-22(17-15-3-5-19-16(15)20-11-21-17)14-7-12-9-23(6-2-4-18)10-13(12)8-14/h3,5,11-14H,2,6-10H2,1H3,(H,19,20,21)/t12-,13+,14+. The van der Waals surface area contributed by atoms with E-state index in [1.54, 1.807) is 6.33 Å². The van der Waals surface area contributed by atoms with E-state index in [2.05, 4.69) is 43.9 Å². The fourth-order valence-electron chi connectivity index (χ4n) is 4.38. The SMILES string of the molecule is CN(c1ncnc2[nH]ccc12)[C@H]1C[C@@H]2CN(CCC#N)C[C@@H]2C1. The topological polar surface area (TPSA) is 71.8 Å². The molecular formula is C17H22N6. The molecule has 3 atom stereocenters. The summed E-state index contributed by atoms with van der Waals surface area (Å²) in [6, 6.07) is 4.86. The minimum Gasteiger partial charge on any atom is -0.356 e. The molecule has 2 aromatic heterocycles. The second kappa shape index (κ2) is 5.82. The summed E-state index contributed by atoms with van der Waals surface area (Å²) in [5, 5.41) is 9.84. The Kier molecular flexibility index (Phi) is 3.66. The lowest BCUT2D eigenvalue weighted by atomic mass is 10.0. The Morgan fingerprint density at radius 1 is 1.35 bits per heavy atom. The highest BCUT2D eigenvalue weighted by molar-refractivity contribution is 5.87. The van der Waals surface area contributed by atoms with Crippen LogP contribution in [0.25, 0.3) is 11.0 Å². The van der Waals surface area contributed by atoms with Crippen LogP contribution >= 0.6 is 0 Å². The number of nitrogens with zero attached hydrogens (tertiary/aromatic N) is 5. The number of hydrogen-bond acceptors (Lipinski definition) is 5. The maximum atomic E-state index is 8.74. The number of nitriles is 1. The molecule has 1 aliphatic heterocycles. The number of aromatic nitrogens is 3. The van der Waals surface area contributed by atoms with Gasteiger partial charge in [-0.25, -0.2) is 9.97 Å². The lowest BCUT2D eigenvalue weighted by molar-refractivity contribution is 0.313. The number of hydrogen-bond donors (Lipinski definition) is 1. The first-order chi connectivity index (χ1) is 11.3. The van der Waals surface area contributed by atoms with Gasteiger partial charge in [-0.2, -0.15) is 5.26 Å². The van der Waals surface area contributed by atoms with E-state index in [0.29, 0.717) is 12.5 Å². The predicted octanol–water partition coefficient (Wildman–Crippen LogP) is 2.02. The van der Waals surface area contributed by atoms with E-state index in [1.807, 2.05) is 6.20 Å². The van der Waals surface area contributed by atoms with Crippen LogP contribution in [0.5, 0.6) is 0 Å². The van der Waals surface area contributed by atoms with Crippen LogP contribution in [0.1, 0.15) is 19.3 Å². The van der Waals surface area contributed by atoms with Gasteiger partial charge in [-0.05, 0) is 30.7 Å². The van der Waals surface area contributed by atoms with Gasteiger partial charge in [-0.15, -0.1) is 0 Å². The molecule has 6 heteroatoms. The fourth-order valence-corrected chi connectivity index (χ4v) is 4.38. The van der Waals surface area contributed by atoms with E-state index in [1.165, 1.54) is 12.8 Å². The van der Waals surface area contributed by atoms with Crippen molar-refractivity contribution in [3.05, 3.63) is 18.6 Å². The summed E-state index contributed by atoms with van der Waals surface area (Å²) in [5.41, 5.74) is 0.905. The number of nitrogens with one attached hydrogen (secondary N) is 1. The first kappa shape index (κ1) is 14.5. The number of rotatable bonds is 4. The van der Waals surface area contributed by atoms with E-state index in [0.717, 1.165) is 48.3 Å². The van der Waals surface area contributed by atoms with Gasteiger partial charge in [-0.3, -0.25) is 0 Å². The largest absolute Gasteiger partial charge is 0.356 e. The van der Waals surface area contributed by atoms with Crippen LogP contribution in [0.3, 0.4) is 0 Å². The first-order valence-electron chi connectivity index (χ1n) is 8.36. The summed E-state index contributed by atoms with van der Waals surface area (Å²) < 4.78 is 0. The molecule has 0 radical (unpaired) electrons. The summed E-state index contributed by atoms with van der Waals surface area (Å²) in [7, 11) is 2.16. The zero-order chi connectivity index (χ0) is 15.8. The Morgan fingerprint density at radius 3 is 2.87 bits per heavy atom. The third-order valence-corrected chi connectivity index (χ3v) is 5.56. The molecule has 1 saturated heterocycles. The molecule has 120 valence electrons. The highest BCUT2D eigenvalue weighted by Crippen LogP contribution is 2.41. The number of aromatic amines is 1. The Bertz CT molecular complexity index is 718. The van der Waals surface area contributed by atoms with Crippen molar-refractivity contribution in [2.75, 3.05) is 31.6 Å². The third kappa shape index (κ3) is 2.55. The van der Waals surface area contributed by atoms with E-state index in [-0.39, 0.29) is 0 Å². The zero-order valence-corrected chi connectivity index (χ0v) is 13.4. The number of anilines is 1. The normalized spacial score (nSPS) is 27.2. The van der Waals surface area contributed by atoms with Crippen molar-refractivity contribution in [3.63, 3.8) is 0 Å². The molecule has 0 spiro atoms. The summed E-state index contributed by atoms with van der Waals surface area (Å²) in [4.78, 5) is 16.8. The Balaban J connectivity index is 1.45. The van der Waals surface area contributed by atoms with Crippen LogP contribution < -0.4 is 4.90 Å². The van der Waals surface area contributed by atoms with Crippen LogP contribution in [0.4, 0.5) is 5.82 Å². The molecule has 0 unspecified atom stereocenters. The van der Waals surface area contributed by atoms with Gasteiger partial charge in [0, 0.05) is 45.3 Å². The predicted molar refractivity (Wildman–Crippen MR) is 89.0 cm³/mol. The van der Waals surface area contributed by atoms with Crippen LogP contribution in [0, 0.1) is 23.2 Å². The van der Waals surface area contributed by atoms with Crippen LogP contribution in [0.2, 0.25) is 0 Å². The van der Waals surface area contributed by atoms with Crippen LogP contribution in [-0.2, 0) is 0 Å². The van der Waals surface area contributed by atoms with E-state index < -0.39 is 0 Å². The van der Waals surface area contributed by atoms with Crippen molar-refractivity contribution in [2.45, 2.75) is 25.3 Å². The smallest absolute Gasteiger partial charge is 0.142 e. The number of fused-ring (bicyclic) bond motifs is 2. The molecule has 1 N–H and O–H groups in total. The van der Waals surface area contributed by atoms with E-state index in [4.69, 9.17) is 5.26 Å². The number of likely N-dealkylation sites (tertiary alicyclic amines) is 1. The maximum absolute atomic E-state index is 8.74. The Morgan fingerprint density at radius 2 is 2.13 bits per heavy atom. The quantitative estimate of drug-likeness (QED) is 0.935. The van der Waals surface area contributed by atoms with Crippen molar-refractivity contribution in [1.29, 1.82) is 5.26 Å². The van der Waals surface area contributed by atoms with Gasteiger partial charge in [0.1, 0.15) is 17.8 Å². The van der Waals surface area contributed by atoms with Gasteiger partial charge < -0.3 is 14.8 Å². The zero-order valence-electron chi connectivity index (χ0n) is 13.4. The van der Waals surface area contributed by atoms with Crippen molar-refractivity contribution < 1.29 is 0 Å². The van der Waals surface area contributed by atoms with E-state index >= 15 is 0 Å². The van der Waals surface area contributed by atoms with Gasteiger partial charge in [0.15, 0.2) is 0 Å². The van der Waals surface area contributed by atoms with E-state index in [9.17, 15) is 0 Å². The first-order valence-corrected chi connectivity index (χ1v) is 8.36. The minimum atomic E-state index is 0.552. The molecule has 1 saturated carbocycles. The number of H-pyrrole nitrogens is 1. The second-order valence-electron chi connectivity index (χ2n) is 6.86. The molecule has 2 aliphatic rings. The maximum Gasteiger partial charge on any atom is 0.142 e. The fraction of sp³-hybridized carbons (Fsp3) is 0.588. The monoisotopic (exact) mass is 310 g/mol. The van der Waals surface area contributed by atoms with Crippen LogP contribution in [-0.4, -0.2) is 52.6 Å². The highest BCUT2D eigenvalue weighted by atomic mass is 15.2. The van der Waals surface area contributed by atoms with Gasteiger partial charge in [-0.1, -0.05) is 0 Å².